The lowest BCUT2D eigenvalue weighted by atomic mass is 10.1. The molecular formula is C16H18N4O. The average Bonchev–Trinajstić information content (AvgIpc) is 2.65. The maximum Gasteiger partial charge on any atom is 0.326 e. The maximum absolute atomic E-state index is 12.2. The zero-order valence-electron chi connectivity index (χ0n) is 12.5. The second kappa shape index (κ2) is 4.81. The highest BCUT2D eigenvalue weighted by Gasteiger charge is 2.24. The Hall–Kier alpha value is -2.48. The molecule has 1 aliphatic rings. The molecule has 2 aromatic rings. The Labute approximate surface area is 123 Å². The molecule has 0 fully saturated rings. The van der Waals surface area contributed by atoms with E-state index in [1.54, 1.807) is 10.6 Å². The average molecular weight is 282 g/mol. The van der Waals surface area contributed by atoms with Crippen molar-refractivity contribution in [1.29, 1.82) is 5.26 Å². The molecule has 5 heteroatoms. The first-order valence-electron chi connectivity index (χ1n) is 7.06. The van der Waals surface area contributed by atoms with E-state index in [9.17, 15) is 10.1 Å². The number of rotatable bonds is 1. The van der Waals surface area contributed by atoms with Gasteiger partial charge in [0.25, 0.3) is 0 Å². The predicted molar refractivity (Wildman–Crippen MR) is 81.7 cm³/mol. The number of aromatic amines is 1. The van der Waals surface area contributed by atoms with Crippen molar-refractivity contribution in [3.63, 3.8) is 0 Å². The number of hydrogen-bond donors (Lipinski definition) is 1. The summed E-state index contributed by atoms with van der Waals surface area (Å²) in [6, 6.07) is 6.04. The summed E-state index contributed by atoms with van der Waals surface area (Å²) in [7, 11) is 0. The minimum Gasteiger partial charge on any atom is -0.369 e. The van der Waals surface area contributed by atoms with Gasteiger partial charge in [-0.15, -0.1) is 0 Å². The zero-order chi connectivity index (χ0) is 15.1. The molecule has 0 amide bonds. The minimum absolute atomic E-state index is 0.104. The molecule has 1 atom stereocenters. The second-order valence-corrected chi connectivity index (χ2v) is 5.87. The van der Waals surface area contributed by atoms with Gasteiger partial charge in [-0.05, 0) is 39.1 Å². The van der Waals surface area contributed by atoms with Crippen LogP contribution < -0.4 is 5.69 Å². The first-order valence-corrected chi connectivity index (χ1v) is 7.06. The number of hydrogen-bond acceptors (Lipinski definition) is 3. The molecule has 1 aromatic carbocycles. The summed E-state index contributed by atoms with van der Waals surface area (Å²) >= 11 is 0. The van der Waals surface area contributed by atoms with Gasteiger partial charge in [-0.2, -0.15) is 5.26 Å². The molecule has 0 unspecified atom stereocenters. The zero-order valence-corrected chi connectivity index (χ0v) is 12.5. The lowest BCUT2D eigenvalue weighted by Crippen LogP contribution is -2.32. The van der Waals surface area contributed by atoms with E-state index in [1.165, 1.54) is 5.57 Å². The number of nitriles is 1. The normalized spacial score (nSPS) is 17.4. The highest BCUT2D eigenvalue weighted by molar-refractivity contribution is 5.81. The summed E-state index contributed by atoms with van der Waals surface area (Å²) in [5.41, 5.74) is 4.34. The lowest BCUT2D eigenvalue weighted by Gasteiger charge is -2.26. The summed E-state index contributed by atoms with van der Waals surface area (Å²) < 4.78 is 1.76. The van der Waals surface area contributed by atoms with Gasteiger partial charge < -0.3 is 9.88 Å². The smallest absolute Gasteiger partial charge is 0.326 e. The van der Waals surface area contributed by atoms with E-state index < -0.39 is 0 Å². The van der Waals surface area contributed by atoms with Crippen LogP contribution in [0, 0.1) is 11.3 Å². The van der Waals surface area contributed by atoms with Gasteiger partial charge >= 0.3 is 5.69 Å². The van der Waals surface area contributed by atoms with Crippen molar-refractivity contribution in [2.75, 3.05) is 0 Å². The van der Waals surface area contributed by atoms with E-state index in [2.05, 4.69) is 42.9 Å². The number of allylic oxidation sites excluding steroid dienone is 1. The lowest BCUT2D eigenvalue weighted by molar-refractivity contribution is 0.266. The van der Waals surface area contributed by atoms with Crippen molar-refractivity contribution in [3.8, 4) is 6.07 Å². The largest absolute Gasteiger partial charge is 0.369 e. The van der Waals surface area contributed by atoms with Crippen molar-refractivity contribution < 1.29 is 0 Å². The van der Waals surface area contributed by atoms with Crippen LogP contribution in [0.5, 0.6) is 0 Å². The topological polar surface area (TPSA) is 64.8 Å². The second-order valence-electron chi connectivity index (χ2n) is 5.87. The van der Waals surface area contributed by atoms with Crippen molar-refractivity contribution in [2.45, 2.75) is 39.9 Å². The van der Waals surface area contributed by atoms with Crippen LogP contribution in [-0.2, 0) is 13.1 Å². The third-order valence-corrected chi connectivity index (χ3v) is 3.94. The summed E-state index contributed by atoms with van der Waals surface area (Å²) in [5, 5.41) is 9.38. The van der Waals surface area contributed by atoms with Crippen LogP contribution in [0.4, 0.5) is 0 Å². The maximum atomic E-state index is 12.2. The van der Waals surface area contributed by atoms with Gasteiger partial charge in [-0.1, -0.05) is 5.57 Å². The molecule has 5 nitrogen and oxygen atoms in total. The Morgan fingerprint density at radius 2 is 2.24 bits per heavy atom. The summed E-state index contributed by atoms with van der Waals surface area (Å²) in [4.78, 5) is 17.3. The van der Waals surface area contributed by atoms with Gasteiger partial charge in [0.1, 0.15) is 0 Å². The van der Waals surface area contributed by atoms with E-state index in [4.69, 9.17) is 0 Å². The molecule has 1 aromatic heterocycles. The molecule has 21 heavy (non-hydrogen) atoms. The number of nitrogens with one attached hydrogen (secondary N) is 1. The molecule has 0 aliphatic carbocycles. The molecule has 0 spiro atoms. The van der Waals surface area contributed by atoms with E-state index in [0.717, 1.165) is 16.6 Å². The van der Waals surface area contributed by atoms with Crippen LogP contribution in [-0.4, -0.2) is 20.5 Å². The number of imidazole rings is 1. The molecule has 108 valence electrons. The third kappa shape index (κ3) is 2.13. The van der Waals surface area contributed by atoms with E-state index >= 15 is 0 Å². The fourth-order valence-corrected chi connectivity index (χ4v) is 2.98. The van der Waals surface area contributed by atoms with Gasteiger partial charge in [0.05, 0.1) is 22.7 Å². The predicted octanol–water partition coefficient (Wildman–Crippen LogP) is 2.33. The molecule has 1 N–H and O–H groups in total. The quantitative estimate of drug-likeness (QED) is 0.873. The molecule has 0 saturated heterocycles. The molecule has 0 radical (unpaired) electrons. The molecule has 3 rings (SSSR count). The number of aromatic nitrogens is 2. The Morgan fingerprint density at radius 1 is 1.48 bits per heavy atom. The fraction of sp³-hybridized carbons (Fsp3) is 0.375. The summed E-state index contributed by atoms with van der Waals surface area (Å²) in [6.45, 7) is 7.46. The van der Waals surface area contributed by atoms with Crippen molar-refractivity contribution in [3.05, 3.63) is 45.5 Å². The van der Waals surface area contributed by atoms with Crippen LogP contribution in [0.2, 0.25) is 0 Å². The van der Waals surface area contributed by atoms with Crippen LogP contribution in [0.1, 0.15) is 31.9 Å². The summed E-state index contributed by atoms with van der Waals surface area (Å²) in [6.07, 6.45) is 2.10. The Kier molecular flexibility index (Phi) is 3.09. The molecule has 0 saturated carbocycles. The SMILES string of the molecule is CC(C)=CN1Cc2c(C#N)ccc3[nH]c(=O)n(c23)C[C@@H]1C. The van der Waals surface area contributed by atoms with E-state index in [0.29, 0.717) is 18.7 Å². The Morgan fingerprint density at radius 3 is 2.90 bits per heavy atom. The first-order chi connectivity index (χ1) is 10.0. The standard InChI is InChI=1S/C16H18N4O/c1-10(2)7-19-9-13-12(6-17)4-5-14-15(13)20(8-11(19)3)16(21)18-14/h4-5,7,11H,8-9H2,1-3H3,(H,18,21)/t11-/m0/s1. The Balaban J connectivity index is 2.29. The number of nitrogens with zero attached hydrogens (tertiary/aromatic N) is 3. The van der Waals surface area contributed by atoms with Gasteiger partial charge in [-0.3, -0.25) is 4.57 Å². The molecule has 0 bridgehead atoms. The van der Waals surface area contributed by atoms with Gasteiger partial charge in [0.15, 0.2) is 0 Å². The highest BCUT2D eigenvalue weighted by Crippen LogP contribution is 2.26. The monoisotopic (exact) mass is 282 g/mol. The number of H-pyrrole nitrogens is 1. The number of benzene rings is 1. The van der Waals surface area contributed by atoms with Gasteiger partial charge in [-0.25, -0.2) is 4.79 Å². The van der Waals surface area contributed by atoms with Crippen LogP contribution >= 0.6 is 0 Å². The van der Waals surface area contributed by atoms with Crippen molar-refractivity contribution in [2.24, 2.45) is 0 Å². The highest BCUT2D eigenvalue weighted by atomic mass is 16.1. The molecule has 1 aliphatic heterocycles. The Bertz CT molecular complexity index is 830. The summed E-state index contributed by atoms with van der Waals surface area (Å²) in [5.74, 6) is 0. The third-order valence-electron chi connectivity index (χ3n) is 3.94. The van der Waals surface area contributed by atoms with Crippen LogP contribution in [0.15, 0.2) is 28.7 Å². The van der Waals surface area contributed by atoms with E-state index in [-0.39, 0.29) is 11.7 Å². The van der Waals surface area contributed by atoms with Crippen molar-refractivity contribution >= 4 is 11.0 Å². The van der Waals surface area contributed by atoms with Crippen LogP contribution in [0.25, 0.3) is 11.0 Å². The fourth-order valence-electron chi connectivity index (χ4n) is 2.98. The molecule has 2 heterocycles. The minimum atomic E-state index is -0.104. The van der Waals surface area contributed by atoms with Gasteiger partial charge in [0.2, 0.25) is 0 Å². The first kappa shape index (κ1) is 13.5. The van der Waals surface area contributed by atoms with E-state index in [1.807, 2.05) is 6.07 Å². The van der Waals surface area contributed by atoms with Gasteiger partial charge in [0, 0.05) is 24.7 Å². The van der Waals surface area contributed by atoms with Crippen molar-refractivity contribution in [1.82, 2.24) is 14.5 Å². The van der Waals surface area contributed by atoms with Crippen LogP contribution in [0.3, 0.4) is 0 Å². The molecular weight excluding hydrogens is 264 g/mol.